The minimum Gasteiger partial charge on any atom is -0.355 e. The second kappa shape index (κ2) is 6.59. The van der Waals surface area contributed by atoms with Crippen LogP contribution < -0.4 is 4.90 Å². The Morgan fingerprint density at radius 1 is 0.920 bits per heavy atom. The van der Waals surface area contributed by atoms with Gasteiger partial charge in [0.15, 0.2) is 11.6 Å². The maximum Gasteiger partial charge on any atom is 0.186 e. The largest absolute Gasteiger partial charge is 0.355 e. The van der Waals surface area contributed by atoms with Crippen LogP contribution in [0.3, 0.4) is 0 Å². The molecule has 0 saturated carbocycles. The van der Waals surface area contributed by atoms with Gasteiger partial charge in [0.2, 0.25) is 0 Å². The highest BCUT2D eigenvalue weighted by molar-refractivity contribution is 5.73. The number of benzene rings is 2. The van der Waals surface area contributed by atoms with E-state index >= 15 is 0 Å². The standard InChI is InChI=1S/C20H19FN4/c1-14-8-10-15(11-9-14)18-20(25-12-4-5-13-25)22-19(24-23-18)16-6-2-3-7-17(16)21/h2-3,6-11H,4-5,12-13H2,1H3. The predicted molar refractivity (Wildman–Crippen MR) is 96.8 cm³/mol. The summed E-state index contributed by atoms with van der Waals surface area (Å²) in [6.07, 6.45) is 2.26. The summed E-state index contributed by atoms with van der Waals surface area (Å²) in [6.45, 7) is 3.93. The van der Waals surface area contributed by atoms with Gasteiger partial charge in [0.1, 0.15) is 11.5 Å². The van der Waals surface area contributed by atoms with Crippen molar-refractivity contribution in [3.05, 3.63) is 59.9 Å². The van der Waals surface area contributed by atoms with Crippen LogP contribution >= 0.6 is 0 Å². The molecule has 5 heteroatoms. The van der Waals surface area contributed by atoms with Gasteiger partial charge in [-0.25, -0.2) is 9.37 Å². The molecule has 1 fully saturated rings. The SMILES string of the molecule is Cc1ccc(-c2nnc(-c3ccccc3F)nc2N2CCCC2)cc1. The summed E-state index contributed by atoms with van der Waals surface area (Å²) < 4.78 is 14.1. The quantitative estimate of drug-likeness (QED) is 0.718. The van der Waals surface area contributed by atoms with Crippen LogP contribution in [0.2, 0.25) is 0 Å². The van der Waals surface area contributed by atoms with Gasteiger partial charge in [-0.15, -0.1) is 10.2 Å². The highest BCUT2D eigenvalue weighted by Crippen LogP contribution is 2.31. The van der Waals surface area contributed by atoms with Crippen molar-refractivity contribution in [1.82, 2.24) is 15.2 Å². The molecule has 4 nitrogen and oxygen atoms in total. The molecule has 0 aliphatic carbocycles. The van der Waals surface area contributed by atoms with Gasteiger partial charge in [-0.3, -0.25) is 0 Å². The van der Waals surface area contributed by atoms with Crippen molar-refractivity contribution in [2.45, 2.75) is 19.8 Å². The Bertz CT molecular complexity index is 886. The van der Waals surface area contributed by atoms with E-state index in [1.165, 1.54) is 11.6 Å². The highest BCUT2D eigenvalue weighted by atomic mass is 19.1. The fraction of sp³-hybridized carbons (Fsp3) is 0.250. The molecule has 1 saturated heterocycles. The number of aryl methyl sites for hydroxylation is 1. The van der Waals surface area contributed by atoms with E-state index in [9.17, 15) is 4.39 Å². The molecule has 0 spiro atoms. The molecule has 0 unspecified atom stereocenters. The lowest BCUT2D eigenvalue weighted by Gasteiger charge is -2.19. The Hall–Kier alpha value is -2.82. The molecular weight excluding hydrogens is 315 g/mol. The van der Waals surface area contributed by atoms with Crippen molar-refractivity contribution in [3.8, 4) is 22.6 Å². The fourth-order valence-electron chi connectivity index (χ4n) is 3.12. The topological polar surface area (TPSA) is 41.9 Å². The smallest absolute Gasteiger partial charge is 0.186 e. The van der Waals surface area contributed by atoms with E-state index in [2.05, 4.69) is 34.2 Å². The fourth-order valence-corrected chi connectivity index (χ4v) is 3.12. The van der Waals surface area contributed by atoms with E-state index in [-0.39, 0.29) is 5.82 Å². The van der Waals surface area contributed by atoms with E-state index in [1.54, 1.807) is 18.2 Å². The molecule has 1 aliphatic rings. The van der Waals surface area contributed by atoms with Crippen LogP contribution in [0.25, 0.3) is 22.6 Å². The second-order valence-electron chi connectivity index (χ2n) is 6.35. The molecule has 1 aliphatic heterocycles. The van der Waals surface area contributed by atoms with Crippen molar-refractivity contribution in [2.75, 3.05) is 18.0 Å². The first-order chi connectivity index (χ1) is 12.2. The number of anilines is 1. The zero-order valence-electron chi connectivity index (χ0n) is 14.1. The van der Waals surface area contributed by atoms with Crippen molar-refractivity contribution in [3.63, 3.8) is 0 Å². The Morgan fingerprint density at radius 3 is 2.36 bits per heavy atom. The van der Waals surface area contributed by atoms with Gasteiger partial charge in [0, 0.05) is 18.7 Å². The lowest BCUT2D eigenvalue weighted by Crippen LogP contribution is -2.21. The number of halogens is 1. The summed E-state index contributed by atoms with van der Waals surface area (Å²) in [4.78, 5) is 6.91. The Balaban J connectivity index is 1.84. The average Bonchev–Trinajstić information content (AvgIpc) is 3.17. The van der Waals surface area contributed by atoms with Crippen molar-refractivity contribution >= 4 is 5.82 Å². The zero-order valence-corrected chi connectivity index (χ0v) is 14.1. The minimum absolute atomic E-state index is 0.330. The third kappa shape index (κ3) is 3.09. The van der Waals surface area contributed by atoms with E-state index < -0.39 is 0 Å². The van der Waals surface area contributed by atoms with Gasteiger partial charge >= 0.3 is 0 Å². The first-order valence-electron chi connectivity index (χ1n) is 8.54. The molecule has 1 aromatic heterocycles. The van der Waals surface area contributed by atoms with Crippen LogP contribution in [0.15, 0.2) is 48.5 Å². The summed E-state index contributed by atoms with van der Waals surface area (Å²) in [5, 5.41) is 8.63. The molecule has 0 amide bonds. The molecule has 126 valence electrons. The summed E-state index contributed by atoms with van der Waals surface area (Å²) in [5.74, 6) is 0.783. The van der Waals surface area contributed by atoms with Crippen LogP contribution in [0.5, 0.6) is 0 Å². The number of aromatic nitrogens is 3. The number of nitrogens with zero attached hydrogens (tertiary/aromatic N) is 4. The molecule has 0 N–H and O–H groups in total. The van der Waals surface area contributed by atoms with Crippen LogP contribution in [0.1, 0.15) is 18.4 Å². The number of rotatable bonds is 3. The van der Waals surface area contributed by atoms with Gasteiger partial charge in [0.25, 0.3) is 0 Å². The minimum atomic E-state index is -0.334. The van der Waals surface area contributed by atoms with Crippen molar-refractivity contribution in [1.29, 1.82) is 0 Å². The van der Waals surface area contributed by atoms with Crippen LogP contribution in [0.4, 0.5) is 10.2 Å². The first-order valence-corrected chi connectivity index (χ1v) is 8.54. The van der Waals surface area contributed by atoms with E-state index in [1.807, 2.05) is 12.1 Å². The monoisotopic (exact) mass is 334 g/mol. The Morgan fingerprint density at radius 2 is 1.64 bits per heavy atom. The molecule has 0 bridgehead atoms. The molecule has 2 heterocycles. The van der Waals surface area contributed by atoms with E-state index in [0.717, 1.165) is 43.0 Å². The van der Waals surface area contributed by atoms with E-state index in [0.29, 0.717) is 11.4 Å². The highest BCUT2D eigenvalue weighted by Gasteiger charge is 2.21. The van der Waals surface area contributed by atoms with Crippen LogP contribution in [0, 0.1) is 12.7 Å². The second-order valence-corrected chi connectivity index (χ2v) is 6.35. The Kier molecular flexibility index (Phi) is 4.14. The maximum absolute atomic E-state index is 14.1. The van der Waals surface area contributed by atoms with Gasteiger partial charge in [0.05, 0.1) is 5.56 Å². The lowest BCUT2D eigenvalue weighted by molar-refractivity contribution is 0.629. The van der Waals surface area contributed by atoms with Gasteiger partial charge < -0.3 is 4.90 Å². The normalized spacial score (nSPS) is 14.1. The predicted octanol–water partition coefficient (Wildman–Crippen LogP) is 4.25. The third-order valence-corrected chi connectivity index (χ3v) is 4.51. The van der Waals surface area contributed by atoms with Gasteiger partial charge in [-0.05, 0) is 31.9 Å². The Labute approximate surface area is 146 Å². The molecule has 0 atom stereocenters. The molecule has 0 radical (unpaired) electrons. The maximum atomic E-state index is 14.1. The molecule has 4 rings (SSSR count). The molecule has 25 heavy (non-hydrogen) atoms. The van der Waals surface area contributed by atoms with Crippen LogP contribution in [-0.4, -0.2) is 28.3 Å². The molecule has 2 aromatic carbocycles. The summed E-state index contributed by atoms with van der Waals surface area (Å²) in [7, 11) is 0. The summed E-state index contributed by atoms with van der Waals surface area (Å²) in [5.41, 5.74) is 3.30. The van der Waals surface area contributed by atoms with Gasteiger partial charge in [-0.2, -0.15) is 0 Å². The zero-order chi connectivity index (χ0) is 17.2. The van der Waals surface area contributed by atoms with Crippen molar-refractivity contribution in [2.24, 2.45) is 0 Å². The summed E-state index contributed by atoms with van der Waals surface area (Å²) in [6, 6.07) is 14.7. The average molecular weight is 334 g/mol. The van der Waals surface area contributed by atoms with Gasteiger partial charge in [-0.1, -0.05) is 42.0 Å². The molecular formula is C20H19FN4. The van der Waals surface area contributed by atoms with Crippen LogP contribution in [-0.2, 0) is 0 Å². The number of hydrogen-bond acceptors (Lipinski definition) is 4. The van der Waals surface area contributed by atoms with Crippen molar-refractivity contribution < 1.29 is 4.39 Å². The summed E-state index contributed by atoms with van der Waals surface area (Å²) >= 11 is 0. The molecule has 3 aromatic rings. The first kappa shape index (κ1) is 15.7. The number of hydrogen-bond donors (Lipinski definition) is 0. The lowest BCUT2D eigenvalue weighted by atomic mass is 10.1. The van der Waals surface area contributed by atoms with E-state index in [4.69, 9.17) is 4.98 Å². The third-order valence-electron chi connectivity index (χ3n) is 4.51.